The molecule has 1 aliphatic rings. The van der Waals surface area contributed by atoms with Crippen LogP contribution < -0.4 is 10.3 Å². The largest absolute Gasteiger partial charge is 0.366 e. The summed E-state index contributed by atoms with van der Waals surface area (Å²) < 4.78 is 0. The maximum Gasteiger partial charge on any atom is 0.234 e. The third-order valence-corrected chi connectivity index (χ3v) is 4.39. The summed E-state index contributed by atoms with van der Waals surface area (Å²) in [5.74, 6) is 6.70. The standard InChI is InChI=1S/C22H25N3O/c1-24(2)23-22(26)13-7-8-16-25-17-20-11-4-3-9-18(20)14-15-19-10-5-6-12-21(19)25/h3-6,9-12H,7-8,13,16-17H2,1-2H3,(H,23,26). The first-order chi connectivity index (χ1) is 12.6. The lowest BCUT2D eigenvalue weighted by Gasteiger charge is -2.27. The lowest BCUT2D eigenvalue weighted by atomic mass is 10.0. The minimum atomic E-state index is 0.0688. The van der Waals surface area contributed by atoms with Gasteiger partial charge in [-0.05, 0) is 36.6 Å². The van der Waals surface area contributed by atoms with Crippen LogP contribution in [0, 0.1) is 11.8 Å². The van der Waals surface area contributed by atoms with Crippen molar-refractivity contribution in [3.63, 3.8) is 0 Å². The molecule has 1 amide bonds. The third-order valence-electron chi connectivity index (χ3n) is 4.39. The highest BCUT2D eigenvalue weighted by atomic mass is 16.2. The molecule has 1 heterocycles. The van der Waals surface area contributed by atoms with E-state index in [1.807, 2.05) is 26.2 Å². The van der Waals surface area contributed by atoms with E-state index in [2.05, 4.69) is 58.6 Å². The van der Waals surface area contributed by atoms with Gasteiger partial charge in [-0.15, -0.1) is 0 Å². The monoisotopic (exact) mass is 347 g/mol. The fourth-order valence-corrected chi connectivity index (χ4v) is 3.15. The van der Waals surface area contributed by atoms with Crippen LogP contribution >= 0.6 is 0 Å². The molecule has 0 unspecified atom stereocenters. The molecule has 4 nitrogen and oxygen atoms in total. The van der Waals surface area contributed by atoms with E-state index in [1.54, 1.807) is 5.01 Å². The molecule has 1 aliphatic heterocycles. The van der Waals surface area contributed by atoms with Crippen LogP contribution in [0.3, 0.4) is 0 Å². The van der Waals surface area contributed by atoms with Crippen LogP contribution in [-0.4, -0.2) is 31.6 Å². The van der Waals surface area contributed by atoms with Gasteiger partial charge in [-0.25, -0.2) is 5.01 Å². The Labute approximate surface area is 155 Å². The first-order valence-electron chi connectivity index (χ1n) is 9.04. The van der Waals surface area contributed by atoms with Gasteiger partial charge in [0.05, 0.1) is 5.69 Å². The number of nitrogens with zero attached hydrogens (tertiary/aromatic N) is 2. The van der Waals surface area contributed by atoms with Gasteiger partial charge in [-0.1, -0.05) is 42.2 Å². The van der Waals surface area contributed by atoms with Crippen molar-refractivity contribution in [3.05, 3.63) is 65.2 Å². The molecule has 0 aliphatic carbocycles. The van der Waals surface area contributed by atoms with Gasteiger partial charge in [0, 0.05) is 44.7 Å². The van der Waals surface area contributed by atoms with Gasteiger partial charge >= 0.3 is 0 Å². The van der Waals surface area contributed by atoms with Crippen molar-refractivity contribution in [2.24, 2.45) is 0 Å². The molecule has 26 heavy (non-hydrogen) atoms. The van der Waals surface area contributed by atoms with Crippen LogP contribution in [0.5, 0.6) is 0 Å². The van der Waals surface area contributed by atoms with Crippen molar-refractivity contribution in [1.29, 1.82) is 0 Å². The van der Waals surface area contributed by atoms with E-state index in [9.17, 15) is 4.79 Å². The third kappa shape index (κ3) is 4.65. The normalized spacial score (nSPS) is 12.3. The van der Waals surface area contributed by atoms with Crippen molar-refractivity contribution < 1.29 is 4.79 Å². The molecule has 0 saturated carbocycles. The Morgan fingerprint density at radius 2 is 1.73 bits per heavy atom. The average Bonchev–Trinajstić information content (AvgIpc) is 2.61. The molecule has 134 valence electrons. The molecular formula is C22H25N3O. The molecule has 3 rings (SSSR count). The topological polar surface area (TPSA) is 35.6 Å². The molecular weight excluding hydrogens is 322 g/mol. The number of hydrazine groups is 1. The van der Waals surface area contributed by atoms with Crippen LogP contribution in [0.2, 0.25) is 0 Å². The maximum atomic E-state index is 11.8. The molecule has 0 bridgehead atoms. The quantitative estimate of drug-likeness (QED) is 0.495. The summed E-state index contributed by atoms with van der Waals surface area (Å²) in [5.41, 5.74) is 7.37. The summed E-state index contributed by atoms with van der Waals surface area (Å²) in [5, 5.41) is 1.69. The van der Waals surface area contributed by atoms with Gasteiger partial charge in [0.2, 0.25) is 5.91 Å². The summed E-state index contributed by atoms with van der Waals surface area (Å²) in [6.07, 6.45) is 2.38. The van der Waals surface area contributed by atoms with E-state index in [0.717, 1.165) is 37.1 Å². The van der Waals surface area contributed by atoms with E-state index in [-0.39, 0.29) is 5.91 Å². The average molecular weight is 347 g/mol. The number of fused-ring (bicyclic) bond motifs is 2. The number of rotatable bonds is 6. The molecule has 0 fully saturated rings. The second-order valence-corrected chi connectivity index (χ2v) is 6.73. The molecule has 1 N–H and O–H groups in total. The molecule has 0 saturated heterocycles. The van der Waals surface area contributed by atoms with Crippen molar-refractivity contribution in [1.82, 2.24) is 10.4 Å². The van der Waals surface area contributed by atoms with Gasteiger partial charge in [-0.2, -0.15) is 0 Å². The Hall–Kier alpha value is -2.77. The number of nitrogens with one attached hydrogen (secondary N) is 1. The van der Waals surface area contributed by atoms with E-state index < -0.39 is 0 Å². The van der Waals surface area contributed by atoms with E-state index >= 15 is 0 Å². The summed E-state index contributed by atoms with van der Waals surface area (Å²) in [6.45, 7) is 1.74. The lowest BCUT2D eigenvalue weighted by Crippen LogP contribution is -2.36. The second-order valence-electron chi connectivity index (χ2n) is 6.73. The van der Waals surface area contributed by atoms with Crippen LogP contribution in [0.1, 0.15) is 36.0 Å². The van der Waals surface area contributed by atoms with Gasteiger partial charge in [-0.3, -0.25) is 10.2 Å². The fraction of sp³-hybridized carbons (Fsp3) is 0.318. The predicted molar refractivity (Wildman–Crippen MR) is 106 cm³/mol. The molecule has 0 spiro atoms. The zero-order valence-corrected chi connectivity index (χ0v) is 15.5. The number of unbranched alkanes of at least 4 members (excludes halogenated alkanes) is 1. The Bertz CT molecular complexity index is 833. The number of hydrogen-bond acceptors (Lipinski definition) is 3. The maximum absolute atomic E-state index is 11.8. The molecule has 0 aromatic heterocycles. The number of carbonyl (C=O) groups excluding carboxylic acids is 1. The minimum absolute atomic E-state index is 0.0688. The van der Waals surface area contributed by atoms with E-state index in [0.29, 0.717) is 6.42 Å². The number of hydrogen-bond donors (Lipinski definition) is 1. The smallest absolute Gasteiger partial charge is 0.234 e. The minimum Gasteiger partial charge on any atom is -0.366 e. The van der Waals surface area contributed by atoms with Gasteiger partial charge in [0.1, 0.15) is 0 Å². The number of carbonyl (C=O) groups is 1. The zero-order valence-electron chi connectivity index (χ0n) is 15.5. The van der Waals surface area contributed by atoms with Crippen LogP contribution in [0.4, 0.5) is 5.69 Å². The second kappa shape index (κ2) is 8.55. The first-order valence-corrected chi connectivity index (χ1v) is 9.04. The lowest BCUT2D eigenvalue weighted by molar-refractivity contribution is -0.124. The van der Waals surface area contributed by atoms with Crippen LogP contribution in [0.25, 0.3) is 0 Å². The highest BCUT2D eigenvalue weighted by Crippen LogP contribution is 2.25. The Kier molecular flexibility index (Phi) is 5.93. The van der Waals surface area contributed by atoms with Crippen molar-refractivity contribution >= 4 is 11.6 Å². The number of amides is 1. The van der Waals surface area contributed by atoms with Crippen molar-refractivity contribution in [2.75, 3.05) is 25.5 Å². The van der Waals surface area contributed by atoms with Gasteiger partial charge < -0.3 is 4.90 Å². The van der Waals surface area contributed by atoms with Crippen LogP contribution in [-0.2, 0) is 11.3 Å². The van der Waals surface area contributed by atoms with E-state index in [4.69, 9.17) is 0 Å². The molecule has 2 aromatic rings. The SMILES string of the molecule is CN(C)NC(=O)CCCCN1Cc2ccccc2C#Cc2ccccc21. The summed E-state index contributed by atoms with van der Waals surface area (Å²) in [6, 6.07) is 16.6. The predicted octanol–water partition coefficient (Wildman–Crippen LogP) is 3.17. The zero-order chi connectivity index (χ0) is 18.4. The number of para-hydroxylation sites is 1. The summed E-state index contributed by atoms with van der Waals surface area (Å²) in [7, 11) is 3.65. The Morgan fingerprint density at radius 3 is 2.54 bits per heavy atom. The highest BCUT2D eigenvalue weighted by Gasteiger charge is 2.14. The highest BCUT2D eigenvalue weighted by molar-refractivity contribution is 5.75. The van der Waals surface area contributed by atoms with Crippen LogP contribution in [0.15, 0.2) is 48.5 Å². The number of anilines is 1. The van der Waals surface area contributed by atoms with Crippen molar-refractivity contribution in [2.45, 2.75) is 25.8 Å². The Morgan fingerprint density at radius 1 is 1.04 bits per heavy atom. The Balaban J connectivity index is 1.71. The summed E-state index contributed by atoms with van der Waals surface area (Å²) in [4.78, 5) is 14.2. The first kappa shape index (κ1) is 18.0. The fourth-order valence-electron chi connectivity index (χ4n) is 3.15. The molecule has 0 atom stereocenters. The van der Waals surface area contributed by atoms with Gasteiger partial charge in [0.15, 0.2) is 0 Å². The molecule has 0 radical (unpaired) electrons. The number of benzene rings is 2. The van der Waals surface area contributed by atoms with Gasteiger partial charge in [0.25, 0.3) is 0 Å². The van der Waals surface area contributed by atoms with E-state index in [1.165, 1.54) is 11.3 Å². The van der Waals surface area contributed by atoms with Crippen molar-refractivity contribution in [3.8, 4) is 11.8 Å². The summed E-state index contributed by atoms with van der Waals surface area (Å²) >= 11 is 0. The molecule has 2 aromatic carbocycles. The molecule has 4 heteroatoms.